The van der Waals surface area contributed by atoms with Crippen LogP contribution < -0.4 is 15.2 Å². The summed E-state index contributed by atoms with van der Waals surface area (Å²) in [6, 6.07) is 7.89. The molecule has 0 aliphatic carbocycles. The molecule has 5 nitrogen and oxygen atoms in total. The Bertz CT molecular complexity index is 944. The molecule has 0 saturated carbocycles. The number of nitrogens with one attached hydrogen (secondary N) is 1. The van der Waals surface area contributed by atoms with Crippen molar-refractivity contribution in [3.05, 3.63) is 57.6 Å². The third kappa shape index (κ3) is 2.76. The van der Waals surface area contributed by atoms with E-state index in [2.05, 4.69) is 19.2 Å². The van der Waals surface area contributed by atoms with Crippen LogP contribution >= 0.6 is 0 Å². The zero-order chi connectivity index (χ0) is 21.0. The van der Waals surface area contributed by atoms with Crippen molar-refractivity contribution in [3.8, 4) is 5.75 Å². The molecule has 1 heterocycles. The Balaban J connectivity index is 2.30. The summed E-state index contributed by atoms with van der Waals surface area (Å²) in [7, 11) is 0. The maximum absolute atomic E-state index is 12.0. The van der Waals surface area contributed by atoms with Crippen LogP contribution in [0.15, 0.2) is 24.3 Å². The second kappa shape index (κ2) is 6.52. The highest BCUT2D eigenvalue weighted by atomic mass is 16.5. The first-order chi connectivity index (χ1) is 12.9. The highest BCUT2D eigenvalue weighted by molar-refractivity contribution is 5.86. The Hall–Kier alpha value is -2.53. The molecule has 0 spiro atoms. The van der Waals surface area contributed by atoms with Gasteiger partial charge in [-0.2, -0.15) is 0 Å². The molecule has 0 aromatic heterocycles. The molecule has 0 radical (unpaired) electrons. The highest BCUT2D eigenvalue weighted by Gasteiger charge is 2.56. The average Bonchev–Trinajstić information content (AvgIpc) is 2.84. The third-order valence-electron chi connectivity index (χ3n) is 6.07. The molecule has 1 atom stereocenters. The van der Waals surface area contributed by atoms with Crippen LogP contribution in [0.2, 0.25) is 0 Å². The molecule has 2 aromatic rings. The molecular formula is C23H28NO4-. The van der Waals surface area contributed by atoms with Crippen LogP contribution in [0.3, 0.4) is 0 Å². The van der Waals surface area contributed by atoms with Gasteiger partial charge in [-0.25, -0.2) is 0 Å². The molecule has 1 aliphatic heterocycles. The molecule has 0 fully saturated rings. The number of fused-ring (bicyclic) bond motifs is 1. The highest BCUT2D eigenvalue weighted by Crippen LogP contribution is 2.56. The summed E-state index contributed by atoms with van der Waals surface area (Å²) in [4.78, 5) is 11.2. The normalized spacial score (nSPS) is 20.0. The van der Waals surface area contributed by atoms with Crippen molar-refractivity contribution in [2.45, 2.75) is 65.6 Å². The molecule has 2 N–H and O–H groups in total. The van der Waals surface area contributed by atoms with E-state index in [1.165, 1.54) is 5.56 Å². The van der Waals surface area contributed by atoms with E-state index in [1.807, 2.05) is 52.0 Å². The fourth-order valence-corrected chi connectivity index (χ4v) is 4.21. The van der Waals surface area contributed by atoms with Crippen molar-refractivity contribution < 1.29 is 19.7 Å². The number of ether oxygens (including phenoxy) is 1. The number of benzene rings is 2. The van der Waals surface area contributed by atoms with E-state index in [0.717, 1.165) is 11.1 Å². The van der Waals surface area contributed by atoms with E-state index in [9.17, 15) is 15.0 Å². The zero-order valence-electron chi connectivity index (χ0n) is 17.6. The van der Waals surface area contributed by atoms with E-state index >= 15 is 0 Å². The van der Waals surface area contributed by atoms with Crippen molar-refractivity contribution in [1.82, 2.24) is 0 Å². The lowest BCUT2D eigenvalue weighted by Crippen LogP contribution is -2.47. The van der Waals surface area contributed by atoms with Crippen molar-refractivity contribution in [1.29, 1.82) is 0 Å². The van der Waals surface area contributed by atoms with Crippen molar-refractivity contribution in [2.24, 2.45) is 0 Å². The van der Waals surface area contributed by atoms with Gasteiger partial charge in [-0.05, 0) is 68.4 Å². The first kappa shape index (κ1) is 20.2. The minimum absolute atomic E-state index is 0.384. The van der Waals surface area contributed by atoms with Crippen molar-refractivity contribution in [2.75, 3.05) is 5.32 Å². The predicted octanol–water partition coefficient (Wildman–Crippen LogP) is 3.90. The van der Waals surface area contributed by atoms with E-state index in [0.29, 0.717) is 34.0 Å². The number of hydrogen-bond acceptors (Lipinski definition) is 4. The standard InChI is InChI=1S/C23H29NO4/c1-12(2)16-8-10-17(11-9-16)23(27)18-15(5)19(24-21(25)26)13(3)14(4)20(18)28-22(23,6)7/h8-12,24,27H,1-7H3,(H,25,26)/p-1. The van der Waals surface area contributed by atoms with Crippen LogP contribution in [0.25, 0.3) is 0 Å². The number of carboxylic acid groups (broad SMARTS) is 1. The molecule has 1 amide bonds. The Kier molecular flexibility index (Phi) is 4.71. The van der Waals surface area contributed by atoms with Crippen molar-refractivity contribution >= 4 is 11.8 Å². The SMILES string of the molecule is Cc1c(C)c2c(c(C)c1NC(=O)[O-])C(O)(c1ccc(C(C)C)cc1)C(C)(C)O2. The van der Waals surface area contributed by atoms with E-state index < -0.39 is 17.3 Å². The molecule has 150 valence electrons. The van der Waals surface area contributed by atoms with Crippen LogP contribution in [0.5, 0.6) is 5.75 Å². The maximum Gasteiger partial charge on any atom is 0.157 e. The lowest BCUT2D eigenvalue weighted by atomic mass is 9.74. The quantitative estimate of drug-likeness (QED) is 0.844. The average molecular weight is 382 g/mol. The van der Waals surface area contributed by atoms with Gasteiger partial charge < -0.3 is 25.1 Å². The second-order valence-corrected chi connectivity index (χ2v) is 8.47. The maximum atomic E-state index is 12.0. The van der Waals surface area contributed by atoms with Crippen LogP contribution in [0.1, 0.15) is 67.0 Å². The van der Waals surface area contributed by atoms with Gasteiger partial charge in [0, 0.05) is 11.3 Å². The van der Waals surface area contributed by atoms with Gasteiger partial charge in [0.1, 0.15) is 17.4 Å². The van der Waals surface area contributed by atoms with Crippen LogP contribution in [0.4, 0.5) is 10.5 Å². The summed E-state index contributed by atoms with van der Waals surface area (Å²) in [5, 5.41) is 25.6. The molecule has 1 aliphatic rings. The molecule has 0 saturated heterocycles. The summed E-state index contributed by atoms with van der Waals surface area (Å²) in [6.45, 7) is 13.4. The molecular weight excluding hydrogens is 354 g/mol. The number of hydrogen-bond donors (Lipinski definition) is 2. The predicted molar refractivity (Wildman–Crippen MR) is 108 cm³/mol. The minimum Gasteiger partial charge on any atom is -0.530 e. The Morgan fingerprint density at radius 3 is 2.14 bits per heavy atom. The summed E-state index contributed by atoms with van der Waals surface area (Å²) in [5.74, 6) is 0.994. The first-order valence-electron chi connectivity index (χ1n) is 9.55. The molecule has 0 bridgehead atoms. The summed E-state index contributed by atoms with van der Waals surface area (Å²) in [5.41, 5.74) is 2.77. The lowest BCUT2D eigenvalue weighted by Gasteiger charge is -2.36. The Morgan fingerprint density at radius 1 is 1.07 bits per heavy atom. The molecule has 28 heavy (non-hydrogen) atoms. The molecule has 3 rings (SSSR count). The molecule has 2 aromatic carbocycles. The first-order valence-corrected chi connectivity index (χ1v) is 9.55. The fourth-order valence-electron chi connectivity index (χ4n) is 4.21. The zero-order valence-corrected chi connectivity index (χ0v) is 17.6. The minimum atomic E-state index is -1.43. The van der Waals surface area contributed by atoms with Gasteiger partial charge in [0.2, 0.25) is 0 Å². The third-order valence-corrected chi connectivity index (χ3v) is 6.07. The van der Waals surface area contributed by atoms with Gasteiger partial charge in [0.25, 0.3) is 0 Å². The monoisotopic (exact) mass is 382 g/mol. The number of aliphatic hydroxyl groups is 1. The number of amides is 1. The summed E-state index contributed by atoms with van der Waals surface area (Å²) < 4.78 is 6.25. The smallest absolute Gasteiger partial charge is 0.157 e. The van der Waals surface area contributed by atoms with Gasteiger partial charge in [-0.15, -0.1) is 0 Å². The Labute approximate surface area is 166 Å². The fraction of sp³-hybridized carbons (Fsp3) is 0.435. The van der Waals surface area contributed by atoms with Gasteiger partial charge in [0.15, 0.2) is 5.60 Å². The Morgan fingerprint density at radius 2 is 1.64 bits per heavy atom. The topological polar surface area (TPSA) is 81.6 Å². The van der Waals surface area contributed by atoms with E-state index in [4.69, 9.17) is 4.74 Å². The van der Waals surface area contributed by atoms with E-state index in [1.54, 1.807) is 6.92 Å². The summed E-state index contributed by atoms with van der Waals surface area (Å²) in [6.07, 6.45) is -1.38. The van der Waals surface area contributed by atoms with Gasteiger partial charge >= 0.3 is 0 Å². The molecule has 1 unspecified atom stereocenters. The van der Waals surface area contributed by atoms with Crippen LogP contribution in [-0.2, 0) is 5.60 Å². The number of carbonyl (C=O) groups excluding carboxylic acids is 1. The summed E-state index contributed by atoms with van der Waals surface area (Å²) >= 11 is 0. The van der Waals surface area contributed by atoms with Crippen molar-refractivity contribution in [3.63, 3.8) is 0 Å². The number of rotatable bonds is 3. The number of anilines is 1. The lowest BCUT2D eigenvalue weighted by molar-refractivity contribution is -0.242. The van der Waals surface area contributed by atoms with Crippen LogP contribution in [-0.4, -0.2) is 16.8 Å². The largest absolute Gasteiger partial charge is 0.530 e. The van der Waals surface area contributed by atoms with Gasteiger partial charge in [-0.1, -0.05) is 38.1 Å². The van der Waals surface area contributed by atoms with Gasteiger partial charge in [-0.3, -0.25) is 0 Å². The second-order valence-electron chi connectivity index (χ2n) is 8.47. The van der Waals surface area contributed by atoms with Crippen LogP contribution in [0, 0.1) is 20.8 Å². The van der Waals surface area contributed by atoms with E-state index in [-0.39, 0.29) is 0 Å². The van der Waals surface area contributed by atoms with Gasteiger partial charge in [0.05, 0.1) is 0 Å². The molecule has 5 heteroatoms. The number of carbonyl (C=O) groups is 1.